The van der Waals surface area contributed by atoms with Crippen molar-refractivity contribution in [1.29, 1.82) is 0 Å². The fourth-order valence-corrected chi connectivity index (χ4v) is 4.89. The van der Waals surface area contributed by atoms with Gasteiger partial charge in [0.05, 0.1) is 25.0 Å². The van der Waals surface area contributed by atoms with Gasteiger partial charge in [-0.15, -0.1) is 11.8 Å². The van der Waals surface area contributed by atoms with Crippen LogP contribution in [-0.4, -0.2) is 18.6 Å². The van der Waals surface area contributed by atoms with Gasteiger partial charge in [-0.05, 0) is 61.4 Å². The maximum Gasteiger partial charge on any atom is 0.123 e. The smallest absolute Gasteiger partial charge is 0.123 e. The topological polar surface area (TPSA) is 25.4 Å². The number of hydrogen-bond acceptors (Lipinski definition) is 4. The molecule has 144 valence electrons. The van der Waals surface area contributed by atoms with Crippen LogP contribution in [0.5, 0.6) is 5.75 Å². The summed E-state index contributed by atoms with van der Waals surface area (Å²) in [6, 6.07) is 19.3. The summed E-state index contributed by atoms with van der Waals surface area (Å²) >= 11 is 1.78. The lowest BCUT2D eigenvalue weighted by molar-refractivity contribution is 0.413. The largest absolute Gasteiger partial charge is 0.497 e. The van der Waals surface area contributed by atoms with Crippen molar-refractivity contribution in [2.24, 2.45) is 0 Å². The van der Waals surface area contributed by atoms with E-state index in [1.54, 1.807) is 31.0 Å². The van der Waals surface area contributed by atoms with E-state index < -0.39 is 0 Å². The average molecular weight is 395 g/mol. The molecule has 2 heterocycles. The molecule has 1 atom stereocenters. The molecule has 0 fully saturated rings. The minimum atomic E-state index is -0.186. The first-order valence-corrected chi connectivity index (χ1v) is 10.3. The minimum Gasteiger partial charge on any atom is -0.497 e. The van der Waals surface area contributed by atoms with Crippen molar-refractivity contribution >= 4 is 17.4 Å². The van der Waals surface area contributed by atoms with Crippen molar-refractivity contribution in [1.82, 2.24) is 4.98 Å². The van der Waals surface area contributed by atoms with Gasteiger partial charge in [0.2, 0.25) is 0 Å². The summed E-state index contributed by atoms with van der Waals surface area (Å²) in [7, 11) is 1.68. The van der Waals surface area contributed by atoms with Crippen molar-refractivity contribution < 1.29 is 9.13 Å². The zero-order valence-corrected chi connectivity index (χ0v) is 16.9. The number of halogens is 1. The summed E-state index contributed by atoms with van der Waals surface area (Å²) < 4.78 is 19.2. The number of thioether (sulfide) groups is 1. The van der Waals surface area contributed by atoms with Gasteiger partial charge in [0.1, 0.15) is 11.6 Å². The fraction of sp³-hybridized carbons (Fsp3) is 0.261. The number of aromatic nitrogens is 1. The summed E-state index contributed by atoms with van der Waals surface area (Å²) in [4.78, 5) is 8.19. The quantitative estimate of drug-likeness (QED) is 0.560. The van der Waals surface area contributed by atoms with E-state index in [4.69, 9.17) is 4.74 Å². The summed E-state index contributed by atoms with van der Waals surface area (Å²) in [5.41, 5.74) is 4.27. The minimum absolute atomic E-state index is 0.186. The highest BCUT2D eigenvalue weighted by atomic mass is 32.2. The monoisotopic (exact) mass is 394 g/mol. The first kappa shape index (κ1) is 18.8. The zero-order valence-electron chi connectivity index (χ0n) is 16.1. The molecule has 0 radical (unpaired) electrons. The molecule has 0 saturated heterocycles. The number of fused-ring (bicyclic) bond motifs is 1. The van der Waals surface area contributed by atoms with Crippen molar-refractivity contribution in [3.63, 3.8) is 0 Å². The number of ether oxygens (including phenoxy) is 1. The third-order valence-electron chi connectivity index (χ3n) is 4.96. The predicted octanol–water partition coefficient (Wildman–Crippen LogP) is 5.78. The standard InChI is InChI=1S/C23H23FN2OS/c1-16-5-3-8-19(25-16)15-26-12-11-22(17-6-4-7-18(24)13-17)28-23-14-20(27-2)9-10-21(23)26/h3-10,13-14,22H,11-12,15H2,1-2H3/t22-/m0/s1. The lowest BCUT2D eigenvalue weighted by Crippen LogP contribution is -2.24. The Labute approximate surface area is 169 Å². The van der Waals surface area contributed by atoms with Crippen LogP contribution in [0.1, 0.15) is 28.6 Å². The van der Waals surface area contributed by atoms with E-state index in [-0.39, 0.29) is 11.1 Å². The second-order valence-corrected chi connectivity index (χ2v) is 8.22. The molecule has 0 spiro atoms. The van der Waals surface area contributed by atoms with Gasteiger partial charge in [0.15, 0.2) is 0 Å². The van der Waals surface area contributed by atoms with Gasteiger partial charge in [0.25, 0.3) is 0 Å². The van der Waals surface area contributed by atoms with E-state index in [0.717, 1.165) is 47.1 Å². The second kappa shape index (κ2) is 8.23. The number of hydrogen-bond donors (Lipinski definition) is 0. The van der Waals surface area contributed by atoms with Gasteiger partial charge in [-0.3, -0.25) is 4.98 Å². The molecule has 3 aromatic rings. The van der Waals surface area contributed by atoms with Gasteiger partial charge in [0, 0.05) is 22.4 Å². The number of methoxy groups -OCH3 is 1. The van der Waals surface area contributed by atoms with E-state index >= 15 is 0 Å². The van der Waals surface area contributed by atoms with Crippen LogP contribution in [-0.2, 0) is 6.54 Å². The average Bonchev–Trinajstić information content (AvgIpc) is 2.87. The van der Waals surface area contributed by atoms with Gasteiger partial charge in [-0.2, -0.15) is 0 Å². The number of benzene rings is 2. The van der Waals surface area contributed by atoms with E-state index in [9.17, 15) is 4.39 Å². The Morgan fingerprint density at radius 3 is 2.79 bits per heavy atom. The predicted molar refractivity (Wildman–Crippen MR) is 113 cm³/mol. The van der Waals surface area contributed by atoms with E-state index in [2.05, 4.69) is 34.1 Å². The Kier molecular flexibility index (Phi) is 5.53. The molecule has 1 aromatic heterocycles. The van der Waals surface area contributed by atoms with Crippen LogP contribution in [0.25, 0.3) is 0 Å². The van der Waals surface area contributed by atoms with Crippen LogP contribution in [0.4, 0.5) is 10.1 Å². The lowest BCUT2D eigenvalue weighted by atomic mass is 10.1. The summed E-state index contributed by atoms with van der Waals surface area (Å²) in [5, 5.41) is 0.192. The van der Waals surface area contributed by atoms with E-state index in [0.29, 0.717) is 0 Å². The third-order valence-corrected chi connectivity index (χ3v) is 6.33. The molecule has 28 heavy (non-hydrogen) atoms. The van der Waals surface area contributed by atoms with Crippen molar-refractivity contribution in [3.8, 4) is 5.75 Å². The normalized spacial score (nSPS) is 16.4. The SMILES string of the molecule is COc1ccc2c(c1)S[C@H](c1cccc(F)c1)CCN2Cc1cccc(C)n1. The van der Waals surface area contributed by atoms with Gasteiger partial charge in [-0.1, -0.05) is 18.2 Å². The first-order valence-electron chi connectivity index (χ1n) is 9.40. The Bertz CT molecular complexity index is 978. The summed E-state index contributed by atoms with van der Waals surface area (Å²) in [6.07, 6.45) is 0.928. The fourth-order valence-electron chi connectivity index (χ4n) is 3.57. The molecule has 0 amide bonds. The molecule has 0 aliphatic carbocycles. The lowest BCUT2D eigenvalue weighted by Gasteiger charge is -2.24. The van der Waals surface area contributed by atoms with Crippen LogP contribution >= 0.6 is 11.8 Å². The Morgan fingerprint density at radius 2 is 2.00 bits per heavy atom. The molecule has 4 rings (SSSR count). The Balaban J connectivity index is 1.68. The molecule has 0 unspecified atom stereocenters. The maximum atomic E-state index is 13.8. The third kappa shape index (κ3) is 4.14. The molecular formula is C23H23FN2OS. The molecular weight excluding hydrogens is 371 g/mol. The van der Waals surface area contributed by atoms with E-state index in [1.165, 1.54) is 11.8 Å². The van der Waals surface area contributed by atoms with Crippen molar-refractivity contribution in [2.45, 2.75) is 30.0 Å². The molecule has 0 N–H and O–H groups in total. The zero-order chi connectivity index (χ0) is 19.5. The molecule has 1 aliphatic heterocycles. The second-order valence-electron chi connectivity index (χ2n) is 6.98. The molecule has 2 aromatic carbocycles. The Hall–Kier alpha value is -2.53. The number of rotatable bonds is 4. The number of pyridine rings is 1. The number of aryl methyl sites for hydroxylation is 1. The molecule has 3 nitrogen and oxygen atoms in total. The molecule has 1 aliphatic rings. The van der Waals surface area contributed by atoms with Gasteiger partial charge in [-0.25, -0.2) is 4.39 Å². The summed E-state index contributed by atoms with van der Waals surface area (Å²) in [6.45, 7) is 3.64. The molecule has 0 bridgehead atoms. The highest BCUT2D eigenvalue weighted by Gasteiger charge is 2.24. The van der Waals surface area contributed by atoms with Crippen LogP contribution in [0.15, 0.2) is 65.6 Å². The number of anilines is 1. The van der Waals surface area contributed by atoms with Crippen molar-refractivity contribution in [2.75, 3.05) is 18.6 Å². The van der Waals surface area contributed by atoms with Gasteiger partial charge >= 0.3 is 0 Å². The molecule has 0 saturated carbocycles. The van der Waals surface area contributed by atoms with Crippen LogP contribution in [0, 0.1) is 12.7 Å². The molecule has 5 heteroatoms. The highest BCUT2D eigenvalue weighted by Crippen LogP contribution is 2.46. The van der Waals surface area contributed by atoms with Crippen LogP contribution < -0.4 is 9.64 Å². The van der Waals surface area contributed by atoms with E-state index in [1.807, 2.05) is 25.1 Å². The van der Waals surface area contributed by atoms with Crippen LogP contribution in [0.3, 0.4) is 0 Å². The highest BCUT2D eigenvalue weighted by molar-refractivity contribution is 7.99. The number of nitrogens with zero attached hydrogens (tertiary/aromatic N) is 2. The maximum absolute atomic E-state index is 13.8. The van der Waals surface area contributed by atoms with Crippen molar-refractivity contribution in [3.05, 3.63) is 83.4 Å². The first-order chi connectivity index (χ1) is 13.6. The van der Waals surface area contributed by atoms with Gasteiger partial charge < -0.3 is 9.64 Å². The van der Waals surface area contributed by atoms with Crippen LogP contribution in [0.2, 0.25) is 0 Å². The Morgan fingerprint density at radius 1 is 1.14 bits per heavy atom. The summed E-state index contributed by atoms with van der Waals surface area (Å²) in [5.74, 6) is 0.647.